The highest BCUT2D eigenvalue weighted by Crippen LogP contribution is 2.03. The molecule has 0 amide bonds. The molecule has 0 aromatic carbocycles. The SMILES string of the molecule is CC.Cn1cc2[nH]cnc2nc1=S. The molecule has 0 bridgehead atoms. The predicted molar refractivity (Wildman–Crippen MR) is 55.0 cm³/mol. The molecule has 0 fully saturated rings. The van der Waals surface area contributed by atoms with Crippen molar-refractivity contribution in [2.75, 3.05) is 0 Å². The molecule has 2 aromatic heterocycles. The molecular formula is C8H12N4S. The van der Waals surface area contributed by atoms with Gasteiger partial charge in [0.05, 0.1) is 6.33 Å². The van der Waals surface area contributed by atoms with Crippen LogP contribution in [0.1, 0.15) is 13.8 Å². The highest BCUT2D eigenvalue weighted by atomic mass is 32.1. The second-order valence-corrected chi connectivity index (χ2v) is 2.64. The minimum absolute atomic E-state index is 0.546. The summed E-state index contributed by atoms with van der Waals surface area (Å²) in [7, 11) is 1.86. The molecule has 0 aliphatic carbocycles. The van der Waals surface area contributed by atoms with E-state index in [1.54, 1.807) is 10.9 Å². The summed E-state index contributed by atoms with van der Waals surface area (Å²) in [6.07, 6.45) is 3.48. The Bertz CT molecular complexity index is 443. The average molecular weight is 196 g/mol. The molecule has 2 heterocycles. The van der Waals surface area contributed by atoms with Gasteiger partial charge in [0.1, 0.15) is 5.52 Å². The van der Waals surface area contributed by atoms with Crippen LogP contribution in [0.2, 0.25) is 0 Å². The maximum Gasteiger partial charge on any atom is 0.201 e. The molecule has 0 saturated heterocycles. The van der Waals surface area contributed by atoms with Crippen LogP contribution >= 0.6 is 12.2 Å². The van der Waals surface area contributed by atoms with Gasteiger partial charge in [0.15, 0.2) is 5.65 Å². The van der Waals surface area contributed by atoms with Crippen LogP contribution in [-0.4, -0.2) is 19.5 Å². The Kier molecular flexibility index (Phi) is 3.13. The number of aromatic amines is 1. The number of nitrogens with zero attached hydrogens (tertiary/aromatic N) is 3. The zero-order valence-corrected chi connectivity index (χ0v) is 8.72. The van der Waals surface area contributed by atoms with E-state index in [0.29, 0.717) is 10.4 Å². The number of hydrogen-bond acceptors (Lipinski definition) is 3. The van der Waals surface area contributed by atoms with E-state index in [9.17, 15) is 0 Å². The third-order valence-corrected chi connectivity index (χ3v) is 1.85. The second-order valence-electron chi connectivity index (χ2n) is 2.27. The Balaban J connectivity index is 0.000000396. The van der Waals surface area contributed by atoms with Gasteiger partial charge in [0.25, 0.3) is 0 Å². The number of H-pyrrole nitrogens is 1. The smallest absolute Gasteiger partial charge is 0.201 e. The molecule has 2 aromatic rings. The van der Waals surface area contributed by atoms with E-state index in [0.717, 1.165) is 5.52 Å². The number of rotatable bonds is 0. The molecule has 4 nitrogen and oxygen atoms in total. The maximum absolute atomic E-state index is 4.94. The molecule has 0 atom stereocenters. The van der Waals surface area contributed by atoms with Crippen LogP contribution in [-0.2, 0) is 7.05 Å². The molecule has 0 aliphatic heterocycles. The number of fused-ring (bicyclic) bond motifs is 1. The molecule has 0 radical (unpaired) electrons. The summed E-state index contributed by atoms with van der Waals surface area (Å²) in [5.41, 5.74) is 1.58. The summed E-state index contributed by atoms with van der Waals surface area (Å²) >= 11 is 4.94. The highest BCUT2D eigenvalue weighted by molar-refractivity contribution is 7.71. The minimum atomic E-state index is 0.546. The van der Waals surface area contributed by atoms with E-state index < -0.39 is 0 Å². The summed E-state index contributed by atoms with van der Waals surface area (Å²) in [4.78, 5) is 11.0. The Hall–Kier alpha value is -1.23. The predicted octanol–water partition coefficient (Wildman–Crippen LogP) is 2.05. The van der Waals surface area contributed by atoms with Crippen molar-refractivity contribution in [3.8, 4) is 0 Å². The van der Waals surface area contributed by atoms with Crippen LogP contribution in [0.5, 0.6) is 0 Å². The molecule has 0 spiro atoms. The fourth-order valence-corrected chi connectivity index (χ4v) is 1.04. The second kappa shape index (κ2) is 4.13. The van der Waals surface area contributed by atoms with Crippen molar-refractivity contribution >= 4 is 23.4 Å². The van der Waals surface area contributed by atoms with Crippen molar-refractivity contribution in [1.82, 2.24) is 19.5 Å². The number of aryl methyl sites for hydroxylation is 1. The van der Waals surface area contributed by atoms with Crippen LogP contribution in [0.15, 0.2) is 12.5 Å². The lowest BCUT2D eigenvalue weighted by molar-refractivity contribution is 0.857. The van der Waals surface area contributed by atoms with E-state index in [-0.39, 0.29) is 0 Å². The largest absolute Gasteiger partial charge is 0.342 e. The first-order chi connectivity index (χ1) is 6.27. The van der Waals surface area contributed by atoms with Gasteiger partial charge in [-0.3, -0.25) is 0 Å². The molecule has 13 heavy (non-hydrogen) atoms. The van der Waals surface area contributed by atoms with E-state index in [1.165, 1.54) is 0 Å². The molecule has 0 unspecified atom stereocenters. The Labute approximate surface area is 81.7 Å². The molecule has 5 heteroatoms. The highest BCUT2D eigenvalue weighted by Gasteiger charge is 1.96. The number of aromatic nitrogens is 4. The van der Waals surface area contributed by atoms with Crippen LogP contribution in [0, 0.1) is 4.77 Å². The molecule has 0 aliphatic rings. The Morgan fingerprint density at radius 2 is 2.15 bits per heavy atom. The van der Waals surface area contributed by atoms with Crippen LogP contribution in [0.25, 0.3) is 11.2 Å². The fourth-order valence-electron chi connectivity index (χ4n) is 0.899. The van der Waals surface area contributed by atoms with Crippen molar-refractivity contribution in [3.63, 3.8) is 0 Å². The lowest BCUT2D eigenvalue weighted by Crippen LogP contribution is -1.94. The van der Waals surface area contributed by atoms with Gasteiger partial charge in [-0.15, -0.1) is 0 Å². The first kappa shape index (κ1) is 9.85. The Morgan fingerprint density at radius 1 is 1.46 bits per heavy atom. The van der Waals surface area contributed by atoms with E-state index in [1.807, 2.05) is 27.1 Å². The van der Waals surface area contributed by atoms with Crippen molar-refractivity contribution in [2.45, 2.75) is 13.8 Å². The van der Waals surface area contributed by atoms with Gasteiger partial charge >= 0.3 is 0 Å². The van der Waals surface area contributed by atoms with Gasteiger partial charge in [0, 0.05) is 13.2 Å². The van der Waals surface area contributed by atoms with Crippen molar-refractivity contribution in [1.29, 1.82) is 0 Å². The maximum atomic E-state index is 4.94. The monoisotopic (exact) mass is 196 g/mol. The zero-order valence-electron chi connectivity index (χ0n) is 7.90. The lowest BCUT2D eigenvalue weighted by atomic mass is 10.6. The molecular weight excluding hydrogens is 184 g/mol. The first-order valence-corrected chi connectivity index (χ1v) is 4.55. The fraction of sp³-hybridized carbons (Fsp3) is 0.375. The quantitative estimate of drug-likeness (QED) is 0.656. The van der Waals surface area contributed by atoms with Crippen LogP contribution in [0.4, 0.5) is 0 Å². The van der Waals surface area contributed by atoms with Gasteiger partial charge in [-0.25, -0.2) is 4.98 Å². The first-order valence-electron chi connectivity index (χ1n) is 4.14. The summed E-state index contributed by atoms with van der Waals surface area (Å²) in [6.45, 7) is 4.00. The Morgan fingerprint density at radius 3 is 2.85 bits per heavy atom. The van der Waals surface area contributed by atoms with Crippen molar-refractivity contribution in [2.24, 2.45) is 7.05 Å². The topological polar surface area (TPSA) is 46.5 Å². The van der Waals surface area contributed by atoms with Gasteiger partial charge in [-0.2, -0.15) is 4.98 Å². The van der Waals surface area contributed by atoms with Gasteiger partial charge in [-0.1, -0.05) is 13.8 Å². The average Bonchev–Trinajstić information content (AvgIpc) is 2.56. The summed E-state index contributed by atoms with van der Waals surface area (Å²) in [5, 5.41) is 0. The van der Waals surface area contributed by atoms with E-state index >= 15 is 0 Å². The normalized spacial score (nSPS) is 9.46. The van der Waals surface area contributed by atoms with Gasteiger partial charge < -0.3 is 9.55 Å². The van der Waals surface area contributed by atoms with E-state index in [2.05, 4.69) is 15.0 Å². The van der Waals surface area contributed by atoms with Gasteiger partial charge in [0.2, 0.25) is 4.77 Å². The van der Waals surface area contributed by atoms with Crippen molar-refractivity contribution in [3.05, 3.63) is 17.3 Å². The lowest BCUT2D eigenvalue weighted by Gasteiger charge is -1.94. The third-order valence-electron chi connectivity index (χ3n) is 1.47. The molecule has 70 valence electrons. The summed E-state index contributed by atoms with van der Waals surface area (Å²) in [6, 6.07) is 0. The van der Waals surface area contributed by atoms with Crippen LogP contribution < -0.4 is 0 Å². The number of hydrogen-bond donors (Lipinski definition) is 1. The standard InChI is InChI=1S/C6H6N4S.C2H6/c1-10-2-4-5(8-3-7-4)9-6(10)11;1-2/h2-3H,1H3,(H,7,8,9,11);1-2H3. The van der Waals surface area contributed by atoms with Crippen LogP contribution in [0.3, 0.4) is 0 Å². The zero-order chi connectivity index (χ0) is 9.84. The third kappa shape index (κ3) is 1.92. The van der Waals surface area contributed by atoms with E-state index in [4.69, 9.17) is 12.2 Å². The minimum Gasteiger partial charge on any atom is -0.342 e. The summed E-state index contributed by atoms with van der Waals surface area (Å²) in [5.74, 6) is 0. The van der Waals surface area contributed by atoms with Crippen molar-refractivity contribution < 1.29 is 0 Å². The molecule has 1 N–H and O–H groups in total. The number of imidazole rings is 1. The molecule has 0 saturated carbocycles. The van der Waals surface area contributed by atoms with Gasteiger partial charge in [-0.05, 0) is 12.2 Å². The summed E-state index contributed by atoms with van der Waals surface area (Å²) < 4.78 is 2.32. The number of nitrogens with one attached hydrogen (secondary N) is 1. The molecule has 2 rings (SSSR count).